The Morgan fingerprint density at radius 1 is 1.14 bits per heavy atom. The highest BCUT2D eigenvalue weighted by Crippen LogP contribution is 2.26. The quantitative estimate of drug-likeness (QED) is 0.898. The number of halogens is 1. The fraction of sp³-hybridized carbons (Fsp3) is 0.571. The number of nitrogens with two attached hydrogens (primary N) is 1. The molecule has 1 unspecified atom stereocenters. The lowest BCUT2D eigenvalue weighted by Crippen LogP contribution is -2.45. The molecule has 0 bridgehead atoms. The van der Waals surface area contributed by atoms with Gasteiger partial charge < -0.3 is 5.73 Å². The van der Waals surface area contributed by atoms with E-state index in [1.807, 2.05) is 18.2 Å². The highest BCUT2D eigenvalue weighted by atomic mass is 35.5. The lowest BCUT2D eigenvalue weighted by molar-refractivity contribution is 0.342. The first-order valence-electron chi connectivity index (χ1n) is 7.13. The van der Waals surface area contributed by atoms with Gasteiger partial charge in [0.1, 0.15) is 0 Å². The topological polar surface area (TPSA) is 66.6 Å². The zero-order chi connectivity index (χ0) is 14.2. The third-order valence-electron chi connectivity index (χ3n) is 4.33. The second-order valence-electron chi connectivity index (χ2n) is 5.61. The van der Waals surface area contributed by atoms with E-state index in [2.05, 4.69) is 6.07 Å². The van der Waals surface area contributed by atoms with Crippen LogP contribution in [0.3, 0.4) is 0 Å². The lowest BCUT2D eigenvalue weighted by Gasteiger charge is -2.31. The molecule has 0 aromatic heterocycles. The van der Waals surface area contributed by atoms with E-state index in [-0.39, 0.29) is 12.4 Å². The van der Waals surface area contributed by atoms with Crippen molar-refractivity contribution in [1.29, 1.82) is 0 Å². The van der Waals surface area contributed by atoms with Gasteiger partial charge >= 0.3 is 0 Å². The Hall–Kier alpha value is -0.660. The van der Waals surface area contributed by atoms with Gasteiger partial charge in [0, 0.05) is 26.2 Å². The number of nitrogens with zero attached hydrogens (tertiary/aromatic N) is 2. The fourth-order valence-corrected chi connectivity index (χ4v) is 4.72. The average molecular weight is 332 g/mol. The van der Waals surface area contributed by atoms with E-state index in [1.165, 1.54) is 5.56 Å². The molecule has 0 saturated carbocycles. The molecule has 3 rings (SSSR count). The Morgan fingerprint density at radius 2 is 1.86 bits per heavy atom. The van der Waals surface area contributed by atoms with Crippen molar-refractivity contribution >= 4 is 22.6 Å². The van der Waals surface area contributed by atoms with E-state index in [4.69, 9.17) is 5.73 Å². The van der Waals surface area contributed by atoms with Crippen molar-refractivity contribution in [3.63, 3.8) is 0 Å². The van der Waals surface area contributed by atoms with Crippen molar-refractivity contribution in [2.75, 3.05) is 26.2 Å². The number of hydrogen-bond acceptors (Lipinski definition) is 3. The Labute approximate surface area is 132 Å². The molecule has 7 heteroatoms. The van der Waals surface area contributed by atoms with Crippen molar-refractivity contribution in [2.24, 2.45) is 11.7 Å². The molecule has 0 amide bonds. The van der Waals surface area contributed by atoms with E-state index < -0.39 is 10.2 Å². The predicted molar refractivity (Wildman–Crippen MR) is 85.5 cm³/mol. The highest BCUT2D eigenvalue weighted by molar-refractivity contribution is 7.86. The van der Waals surface area contributed by atoms with Gasteiger partial charge in [-0.2, -0.15) is 17.0 Å². The first kappa shape index (κ1) is 16.7. The van der Waals surface area contributed by atoms with E-state index in [0.29, 0.717) is 38.6 Å². The molecule has 1 aromatic carbocycles. The summed E-state index contributed by atoms with van der Waals surface area (Å²) in [5, 5.41) is 0. The van der Waals surface area contributed by atoms with E-state index in [0.717, 1.165) is 18.4 Å². The Balaban J connectivity index is 0.00000161. The summed E-state index contributed by atoms with van der Waals surface area (Å²) in [6.07, 6.45) is 1.67. The minimum atomic E-state index is -3.34. The second kappa shape index (κ2) is 6.62. The smallest absolute Gasteiger partial charge is 0.282 e. The third-order valence-corrected chi connectivity index (χ3v) is 6.28. The summed E-state index contributed by atoms with van der Waals surface area (Å²) in [4.78, 5) is 0. The second-order valence-corrected chi connectivity index (χ2v) is 7.54. The Bertz CT molecular complexity index is 594. The average Bonchev–Trinajstić information content (AvgIpc) is 2.96. The standard InChI is InChI=1S/C14H21N3O2S.ClH/c15-9-12-5-7-16(10-12)20(18,19)17-8-6-13-3-1-2-4-14(13)11-17;/h1-4,12H,5-11,15H2;1H. The third kappa shape index (κ3) is 3.24. The van der Waals surface area contributed by atoms with Crippen LogP contribution in [0, 0.1) is 5.92 Å². The van der Waals surface area contributed by atoms with E-state index >= 15 is 0 Å². The zero-order valence-corrected chi connectivity index (χ0v) is 13.6. The molecule has 2 aliphatic heterocycles. The molecular formula is C14H22ClN3O2S. The first-order chi connectivity index (χ1) is 9.61. The molecule has 0 radical (unpaired) electrons. The molecule has 2 aliphatic rings. The normalized spacial score (nSPS) is 23.6. The van der Waals surface area contributed by atoms with Crippen molar-refractivity contribution in [3.05, 3.63) is 35.4 Å². The summed E-state index contributed by atoms with van der Waals surface area (Å²) in [6, 6.07) is 8.08. The molecule has 0 spiro atoms. The fourth-order valence-electron chi connectivity index (χ4n) is 3.03. The van der Waals surface area contributed by atoms with Gasteiger partial charge in [-0.1, -0.05) is 24.3 Å². The molecule has 2 N–H and O–H groups in total. The SMILES string of the molecule is Cl.NCC1CCN(S(=O)(=O)N2CCc3ccccc3C2)C1. The minimum Gasteiger partial charge on any atom is -0.330 e. The monoisotopic (exact) mass is 331 g/mol. The molecule has 1 aromatic rings. The van der Waals surface area contributed by atoms with Crippen molar-refractivity contribution in [1.82, 2.24) is 8.61 Å². The summed E-state index contributed by atoms with van der Waals surface area (Å²) >= 11 is 0. The molecule has 21 heavy (non-hydrogen) atoms. The number of rotatable bonds is 3. The van der Waals surface area contributed by atoms with Gasteiger partial charge in [-0.3, -0.25) is 0 Å². The van der Waals surface area contributed by atoms with Crippen molar-refractivity contribution in [3.8, 4) is 0 Å². The maximum atomic E-state index is 12.7. The van der Waals surface area contributed by atoms with Gasteiger partial charge in [-0.05, 0) is 36.4 Å². The lowest BCUT2D eigenvalue weighted by atomic mass is 10.0. The molecule has 118 valence electrons. The van der Waals surface area contributed by atoms with Gasteiger partial charge in [0.25, 0.3) is 10.2 Å². The Morgan fingerprint density at radius 3 is 2.52 bits per heavy atom. The summed E-state index contributed by atoms with van der Waals surface area (Å²) in [5.41, 5.74) is 8.03. The molecule has 1 fully saturated rings. The van der Waals surface area contributed by atoms with Crippen LogP contribution in [0.1, 0.15) is 17.5 Å². The van der Waals surface area contributed by atoms with Crippen LogP contribution in [0.15, 0.2) is 24.3 Å². The summed E-state index contributed by atoms with van der Waals surface area (Å²) in [6.45, 7) is 2.79. The van der Waals surface area contributed by atoms with E-state index in [1.54, 1.807) is 8.61 Å². The van der Waals surface area contributed by atoms with Crippen LogP contribution in [0.5, 0.6) is 0 Å². The Kier molecular flexibility index (Phi) is 5.27. The summed E-state index contributed by atoms with van der Waals surface area (Å²) in [7, 11) is -3.34. The van der Waals surface area contributed by atoms with Crippen LogP contribution in [-0.2, 0) is 23.2 Å². The molecule has 5 nitrogen and oxygen atoms in total. The predicted octanol–water partition coefficient (Wildman–Crippen LogP) is 0.992. The molecule has 0 aliphatic carbocycles. The van der Waals surface area contributed by atoms with Crippen molar-refractivity contribution in [2.45, 2.75) is 19.4 Å². The van der Waals surface area contributed by atoms with Crippen molar-refractivity contribution < 1.29 is 8.42 Å². The largest absolute Gasteiger partial charge is 0.330 e. The first-order valence-corrected chi connectivity index (χ1v) is 8.53. The number of fused-ring (bicyclic) bond motifs is 1. The molecular weight excluding hydrogens is 310 g/mol. The van der Waals surface area contributed by atoms with Crippen LogP contribution in [0.25, 0.3) is 0 Å². The van der Waals surface area contributed by atoms with Crippen LogP contribution in [0.2, 0.25) is 0 Å². The molecule has 1 saturated heterocycles. The highest BCUT2D eigenvalue weighted by Gasteiger charge is 2.36. The zero-order valence-electron chi connectivity index (χ0n) is 11.9. The maximum absolute atomic E-state index is 12.7. The number of hydrogen-bond donors (Lipinski definition) is 1. The molecule has 2 heterocycles. The maximum Gasteiger partial charge on any atom is 0.282 e. The van der Waals surface area contributed by atoms with Gasteiger partial charge in [0.2, 0.25) is 0 Å². The minimum absolute atomic E-state index is 0. The van der Waals surface area contributed by atoms with E-state index in [9.17, 15) is 8.42 Å². The van der Waals surface area contributed by atoms with Crippen LogP contribution in [-0.4, -0.2) is 43.2 Å². The van der Waals surface area contributed by atoms with Crippen LogP contribution < -0.4 is 5.73 Å². The number of benzene rings is 1. The van der Waals surface area contributed by atoms with Crippen LogP contribution >= 0.6 is 12.4 Å². The van der Waals surface area contributed by atoms with Gasteiger partial charge in [-0.25, -0.2) is 0 Å². The van der Waals surface area contributed by atoms with Gasteiger partial charge in [0.15, 0.2) is 0 Å². The molecule has 1 atom stereocenters. The van der Waals surface area contributed by atoms with Gasteiger partial charge in [0.05, 0.1) is 0 Å². The van der Waals surface area contributed by atoms with Gasteiger partial charge in [-0.15, -0.1) is 12.4 Å². The summed E-state index contributed by atoms with van der Waals surface area (Å²) in [5.74, 6) is 0.307. The summed E-state index contributed by atoms with van der Waals surface area (Å²) < 4.78 is 28.5. The van der Waals surface area contributed by atoms with Crippen LogP contribution in [0.4, 0.5) is 0 Å².